The van der Waals surface area contributed by atoms with Crippen LogP contribution < -0.4 is 5.73 Å². The molecule has 3 nitrogen and oxygen atoms in total. The molecule has 0 heterocycles. The number of carbonyl (C=O) groups is 1. The molecule has 0 fully saturated rings. The molecule has 3 heteroatoms. The van der Waals surface area contributed by atoms with Crippen LogP contribution in [-0.4, -0.2) is 17.1 Å². The minimum atomic E-state index is -2.12. The van der Waals surface area contributed by atoms with E-state index in [-0.39, 0.29) is 0 Å². The van der Waals surface area contributed by atoms with Crippen LogP contribution in [0.2, 0.25) is 0 Å². The fourth-order valence-corrected chi connectivity index (χ4v) is 0. The summed E-state index contributed by atoms with van der Waals surface area (Å²) >= 11 is 0. The van der Waals surface area contributed by atoms with Gasteiger partial charge < -0.3 is 10.8 Å². The van der Waals surface area contributed by atoms with Gasteiger partial charge in [-0.3, -0.25) is 4.79 Å². The number of aliphatic carboxylic acids is 1. The van der Waals surface area contributed by atoms with Crippen molar-refractivity contribution in [2.75, 3.05) is 0 Å². The third-order valence-electron chi connectivity index (χ3n) is 0.275. The van der Waals surface area contributed by atoms with E-state index in [1.54, 1.807) is 0 Å². The predicted octanol–water partition coefficient (Wildman–Crippen LogP) is -0.582. The molecule has 0 saturated carbocycles. The van der Waals surface area contributed by atoms with E-state index in [0.29, 0.717) is 0 Å². The van der Waals surface area contributed by atoms with E-state index in [1.165, 1.54) is 0 Å². The van der Waals surface area contributed by atoms with E-state index < -0.39 is 18.9 Å². The van der Waals surface area contributed by atoms with Crippen LogP contribution in [0.4, 0.5) is 0 Å². The number of hydrogen-bond donors (Lipinski definition) is 2. The summed E-state index contributed by atoms with van der Waals surface area (Å²) in [5.41, 5.74) is 4.74. The molecule has 36 valence electrons. The van der Waals surface area contributed by atoms with E-state index in [4.69, 9.17) is 13.6 Å². The third-order valence-corrected chi connectivity index (χ3v) is 0.275. The Labute approximate surface area is 38.6 Å². The highest BCUT2D eigenvalue weighted by atomic mass is 16.4. The quantitative estimate of drug-likeness (QED) is 0.453. The molecule has 0 radical (unpaired) electrons. The Bertz CT molecular complexity index is 103. The highest BCUT2D eigenvalue weighted by Gasteiger charge is 1.99. The Morgan fingerprint density at radius 3 is 3.00 bits per heavy atom. The van der Waals surface area contributed by atoms with E-state index in [1.807, 2.05) is 0 Å². The number of nitrogens with two attached hydrogens (primary N) is 1. The van der Waals surface area contributed by atoms with Crippen LogP contribution in [0.1, 0.15) is 9.64 Å². The molecule has 0 saturated heterocycles. The van der Waals surface area contributed by atoms with E-state index in [9.17, 15) is 4.79 Å². The first-order chi connectivity index (χ1) is 3.50. The third kappa shape index (κ3) is 1.72. The summed E-state index contributed by atoms with van der Waals surface area (Å²) in [4.78, 5) is 9.82. The van der Waals surface area contributed by atoms with Crippen molar-refractivity contribution >= 4 is 5.97 Å². The number of rotatable bonds is 1. The molecule has 0 amide bonds. The Kier molecular flexibility index (Phi) is 0.759. The SMILES string of the molecule is [2H]CC([2H])(N)C(=O)O. The first kappa shape index (κ1) is 2.58. The second-order valence-corrected chi connectivity index (χ2v) is 0.830. The molecule has 0 aromatic rings. The molecule has 0 aliphatic rings. The van der Waals surface area contributed by atoms with E-state index in [0.717, 1.165) is 0 Å². The Hall–Kier alpha value is -0.570. The van der Waals surface area contributed by atoms with Gasteiger partial charge in [0.25, 0.3) is 0 Å². The first-order valence-electron chi connectivity index (χ1n) is 2.53. The minimum Gasteiger partial charge on any atom is -0.480 e. The summed E-state index contributed by atoms with van der Waals surface area (Å²) in [5.74, 6) is -1.47. The molecule has 1 atom stereocenters. The molecular formula is C3H7NO2. The number of carboxylic acid groups (broad SMARTS) is 1. The van der Waals surface area contributed by atoms with Crippen molar-refractivity contribution in [3.8, 4) is 0 Å². The number of hydrogen-bond acceptors (Lipinski definition) is 2. The molecule has 0 spiro atoms. The van der Waals surface area contributed by atoms with Crippen LogP contribution in [-0.2, 0) is 4.79 Å². The van der Waals surface area contributed by atoms with Crippen LogP contribution in [0.15, 0.2) is 0 Å². The topological polar surface area (TPSA) is 63.3 Å². The lowest BCUT2D eigenvalue weighted by Crippen LogP contribution is -2.25. The average Bonchev–Trinajstić information content (AvgIpc) is 1.67. The maximum absolute atomic E-state index is 9.82. The Morgan fingerprint density at radius 2 is 3.00 bits per heavy atom. The second kappa shape index (κ2) is 1.77. The molecule has 1 unspecified atom stereocenters. The van der Waals surface area contributed by atoms with Gasteiger partial charge in [0, 0.05) is 1.37 Å². The van der Waals surface area contributed by atoms with Crippen LogP contribution in [0, 0.1) is 0 Å². The Morgan fingerprint density at radius 1 is 2.50 bits per heavy atom. The lowest BCUT2D eigenvalue weighted by molar-refractivity contribution is -0.138. The van der Waals surface area contributed by atoms with Crippen LogP contribution >= 0.6 is 0 Å². The van der Waals surface area contributed by atoms with Crippen molar-refractivity contribution in [3.05, 3.63) is 0 Å². The maximum atomic E-state index is 9.82. The number of carboxylic acids is 1. The molecule has 0 aliphatic heterocycles. The van der Waals surface area contributed by atoms with Gasteiger partial charge in [-0.2, -0.15) is 0 Å². The molecule has 6 heavy (non-hydrogen) atoms. The molecular weight excluding hydrogens is 82.0 g/mol. The van der Waals surface area contributed by atoms with Crippen molar-refractivity contribution in [2.24, 2.45) is 5.73 Å². The van der Waals surface area contributed by atoms with Gasteiger partial charge in [0.2, 0.25) is 0 Å². The summed E-state index contributed by atoms with van der Waals surface area (Å²) in [7, 11) is 0. The average molecular weight is 91.1 g/mol. The van der Waals surface area contributed by atoms with Crippen LogP contribution in [0.3, 0.4) is 0 Å². The zero-order valence-electron chi connectivity index (χ0n) is 5.14. The normalized spacial score (nSPS) is 23.5. The summed E-state index contributed by atoms with van der Waals surface area (Å²) in [6, 6.07) is -2.12. The summed E-state index contributed by atoms with van der Waals surface area (Å²) in [6.07, 6.45) is 0. The van der Waals surface area contributed by atoms with Crippen molar-refractivity contribution in [3.63, 3.8) is 0 Å². The van der Waals surface area contributed by atoms with Gasteiger partial charge in [0.15, 0.2) is 0 Å². The second-order valence-electron chi connectivity index (χ2n) is 0.830. The summed E-state index contributed by atoms with van der Waals surface area (Å²) in [6.45, 7) is -0.623. The van der Waals surface area contributed by atoms with Gasteiger partial charge in [0.05, 0.1) is 1.37 Å². The highest BCUT2D eigenvalue weighted by Crippen LogP contribution is 1.68. The van der Waals surface area contributed by atoms with Crippen molar-refractivity contribution < 1.29 is 12.6 Å². The predicted molar refractivity (Wildman–Crippen MR) is 21.3 cm³/mol. The minimum absolute atomic E-state index is 0.623. The molecule has 0 aromatic heterocycles. The fraction of sp³-hybridized carbons (Fsp3) is 0.667. The first-order valence-corrected chi connectivity index (χ1v) is 1.32. The largest absolute Gasteiger partial charge is 0.480 e. The highest BCUT2D eigenvalue weighted by molar-refractivity contribution is 5.72. The van der Waals surface area contributed by atoms with Crippen LogP contribution in [0.5, 0.6) is 0 Å². The molecule has 0 bridgehead atoms. The van der Waals surface area contributed by atoms with Gasteiger partial charge in [-0.1, -0.05) is 0 Å². The molecule has 0 aliphatic carbocycles. The lowest BCUT2D eigenvalue weighted by atomic mass is 10.4. The fourth-order valence-electron chi connectivity index (χ4n) is 0. The summed E-state index contributed by atoms with van der Waals surface area (Å²) < 4.78 is 13.1. The molecule has 0 aromatic carbocycles. The van der Waals surface area contributed by atoms with Gasteiger partial charge >= 0.3 is 5.97 Å². The zero-order chi connectivity index (χ0) is 6.78. The van der Waals surface area contributed by atoms with E-state index in [2.05, 4.69) is 0 Å². The zero-order valence-corrected chi connectivity index (χ0v) is 3.14. The van der Waals surface area contributed by atoms with Gasteiger partial charge in [0.1, 0.15) is 6.02 Å². The smallest absolute Gasteiger partial charge is 0.320 e. The maximum Gasteiger partial charge on any atom is 0.320 e. The standard InChI is InChI=1S/C3H7NO2/c1-2(4)3(5)6/h2H,4H2,1H3,(H,5,6)/i1D,2D. The van der Waals surface area contributed by atoms with E-state index >= 15 is 0 Å². The van der Waals surface area contributed by atoms with Crippen molar-refractivity contribution in [1.82, 2.24) is 0 Å². The van der Waals surface area contributed by atoms with Crippen LogP contribution in [0.25, 0.3) is 0 Å². The van der Waals surface area contributed by atoms with Gasteiger partial charge in [-0.15, -0.1) is 0 Å². The monoisotopic (exact) mass is 91.1 g/mol. The molecule has 0 rings (SSSR count). The molecule has 3 N–H and O–H groups in total. The van der Waals surface area contributed by atoms with Gasteiger partial charge in [-0.05, 0) is 6.90 Å². The van der Waals surface area contributed by atoms with Crippen molar-refractivity contribution in [1.29, 1.82) is 0 Å². The van der Waals surface area contributed by atoms with Gasteiger partial charge in [-0.25, -0.2) is 0 Å². The van der Waals surface area contributed by atoms with Crippen molar-refractivity contribution in [2.45, 2.75) is 12.9 Å². The summed E-state index contributed by atoms with van der Waals surface area (Å²) in [5, 5.41) is 8.01. The Balaban J connectivity index is 3.91. The lowest BCUT2D eigenvalue weighted by Gasteiger charge is -1.90.